The van der Waals surface area contributed by atoms with E-state index >= 15 is 0 Å². The number of hydrogen-bond donors (Lipinski definition) is 1. The molecule has 0 atom stereocenters. The lowest BCUT2D eigenvalue weighted by atomic mass is 10.0. The summed E-state index contributed by atoms with van der Waals surface area (Å²) in [7, 11) is 1.34. The molecule has 3 rings (SSSR count). The Morgan fingerprint density at radius 2 is 2.24 bits per heavy atom. The number of aromatic nitrogens is 1. The number of nitrogens with zero attached hydrogens (tertiary/aromatic N) is 2. The maximum absolute atomic E-state index is 11.9. The number of piperidine rings is 1. The molecule has 0 saturated carbocycles. The molecule has 0 aromatic carbocycles. The standard InChI is InChI=1S/C14H19N3O4/c1-19-13(18)11-7-10(15)8-16-12(11)17-4-2-3-14(9-17)20-5-6-21-14/h7-8H,2-6,9,15H2,1H3. The highest BCUT2D eigenvalue weighted by Gasteiger charge is 2.41. The fourth-order valence-corrected chi connectivity index (χ4v) is 2.89. The number of nitrogen functional groups attached to an aromatic ring is 1. The van der Waals surface area contributed by atoms with E-state index in [0.717, 1.165) is 19.4 Å². The van der Waals surface area contributed by atoms with Crippen molar-refractivity contribution >= 4 is 17.5 Å². The van der Waals surface area contributed by atoms with Crippen LogP contribution in [-0.2, 0) is 14.2 Å². The molecule has 2 aliphatic rings. The van der Waals surface area contributed by atoms with Crippen LogP contribution in [0.5, 0.6) is 0 Å². The first-order valence-electron chi connectivity index (χ1n) is 7.00. The van der Waals surface area contributed by atoms with Gasteiger partial charge in [0.25, 0.3) is 0 Å². The third-order valence-corrected chi connectivity index (χ3v) is 3.82. The molecule has 0 amide bonds. The van der Waals surface area contributed by atoms with Crippen LogP contribution in [0.2, 0.25) is 0 Å². The lowest BCUT2D eigenvalue weighted by Gasteiger charge is -2.39. The Morgan fingerprint density at radius 1 is 1.48 bits per heavy atom. The summed E-state index contributed by atoms with van der Waals surface area (Å²) >= 11 is 0. The van der Waals surface area contributed by atoms with Crippen molar-refractivity contribution in [2.45, 2.75) is 18.6 Å². The quantitative estimate of drug-likeness (QED) is 0.807. The van der Waals surface area contributed by atoms with E-state index in [9.17, 15) is 4.79 Å². The summed E-state index contributed by atoms with van der Waals surface area (Å²) in [5, 5.41) is 0. The summed E-state index contributed by atoms with van der Waals surface area (Å²) in [5.41, 5.74) is 6.52. The number of nitrogens with two attached hydrogens (primary N) is 1. The molecule has 2 aliphatic heterocycles. The zero-order valence-corrected chi connectivity index (χ0v) is 12.0. The van der Waals surface area contributed by atoms with Gasteiger partial charge >= 0.3 is 5.97 Å². The van der Waals surface area contributed by atoms with Crippen molar-refractivity contribution < 1.29 is 19.0 Å². The second kappa shape index (κ2) is 5.50. The molecule has 0 bridgehead atoms. The third kappa shape index (κ3) is 2.66. The molecule has 1 aromatic heterocycles. The summed E-state index contributed by atoms with van der Waals surface area (Å²) in [5.74, 6) is -0.457. The number of carbonyl (C=O) groups is 1. The molecule has 3 heterocycles. The van der Waals surface area contributed by atoms with E-state index in [1.165, 1.54) is 7.11 Å². The van der Waals surface area contributed by atoms with Gasteiger partial charge in [0.05, 0.1) is 38.8 Å². The molecule has 21 heavy (non-hydrogen) atoms. The molecule has 1 spiro atoms. The number of anilines is 2. The number of rotatable bonds is 2. The van der Waals surface area contributed by atoms with Crippen LogP contribution in [0, 0.1) is 0 Å². The normalized spacial score (nSPS) is 20.7. The molecular weight excluding hydrogens is 274 g/mol. The summed E-state index contributed by atoms with van der Waals surface area (Å²) in [4.78, 5) is 18.2. The first kappa shape index (κ1) is 14.1. The maximum Gasteiger partial charge on any atom is 0.341 e. The van der Waals surface area contributed by atoms with Crippen LogP contribution in [0.15, 0.2) is 12.3 Å². The molecule has 114 valence electrons. The average Bonchev–Trinajstić information content (AvgIpc) is 2.94. The van der Waals surface area contributed by atoms with Crippen LogP contribution in [-0.4, -0.2) is 50.2 Å². The van der Waals surface area contributed by atoms with Gasteiger partial charge in [-0.1, -0.05) is 0 Å². The van der Waals surface area contributed by atoms with E-state index in [-0.39, 0.29) is 0 Å². The van der Waals surface area contributed by atoms with Crippen LogP contribution in [0.4, 0.5) is 11.5 Å². The Hall–Kier alpha value is -1.86. The number of methoxy groups -OCH3 is 1. The van der Waals surface area contributed by atoms with Crippen molar-refractivity contribution in [1.29, 1.82) is 0 Å². The molecule has 2 saturated heterocycles. The molecule has 0 radical (unpaired) electrons. The van der Waals surface area contributed by atoms with Gasteiger partial charge in [-0.2, -0.15) is 0 Å². The SMILES string of the molecule is COC(=O)c1cc(N)cnc1N1CCCC2(C1)OCCO2. The van der Waals surface area contributed by atoms with Crippen LogP contribution in [0.3, 0.4) is 0 Å². The molecule has 7 nitrogen and oxygen atoms in total. The Kier molecular flexibility index (Phi) is 3.69. The van der Waals surface area contributed by atoms with E-state index in [2.05, 4.69) is 4.98 Å². The molecular formula is C14H19N3O4. The second-order valence-corrected chi connectivity index (χ2v) is 5.26. The van der Waals surface area contributed by atoms with Crippen molar-refractivity contribution in [3.05, 3.63) is 17.8 Å². The van der Waals surface area contributed by atoms with Gasteiger partial charge in [-0.25, -0.2) is 9.78 Å². The van der Waals surface area contributed by atoms with Crippen LogP contribution < -0.4 is 10.6 Å². The summed E-state index contributed by atoms with van der Waals surface area (Å²) in [6, 6.07) is 1.59. The Balaban J connectivity index is 1.90. The average molecular weight is 293 g/mol. The van der Waals surface area contributed by atoms with Crippen molar-refractivity contribution in [3.8, 4) is 0 Å². The first-order chi connectivity index (χ1) is 10.1. The summed E-state index contributed by atoms with van der Waals surface area (Å²) in [6.45, 7) is 2.54. The van der Waals surface area contributed by atoms with Crippen LogP contribution >= 0.6 is 0 Å². The smallest absolute Gasteiger partial charge is 0.341 e. The van der Waals surface area contributed by atoms with Crippen molar-refractivity contribution in [3.63, 3.8) is 0 Å². The highest BCUT2D eigenvalue weighted by molar-refractivity contribution is 5.95. The minimum Gasteiger partial charge on any atom is -0.465 e. The first-order valence-corrected chi connectivity index (χ1v) is 7.00. The van der Waals surface area contributed by atoms with Crippen molar-refractivity contribution in [2.75, 3.05) is 44.0 Å². The van der Waals surface area contributed by atoms with Gasteiger partial charge in [-0.3, -0.25) is 0 Å². The van der Waals surface area contributed by atoms with Gasteiger partial charge in [-0.05, 0) is 12.5 Å². The van der Waals surface area contributed by atoms with Crippen LogP contribution in [0.25, 0.3) is 0 Å². The van der Waals surface area contributed by atoms with E-state index in [1.54, 1.807) is 12.3 Å². The van der Waals surface area contributed by atoms with E-state index in [4.69, 9.17) is 19.9 Å². The fraction of sp³-hybridized carbons (Fsp3) is 0.571. The number of ether oxygens (including phenoxy) is 3. The predicted molar refractivity (Wildman–Crippen MR) is 76.1 cm³/mol. The zero-order valence-electron chi connectivity index (χ0n) is 12.0. The lowest BCUT2D eigenvalue weighted by molar-refractivity contribution is -0.161. The minimum absolute atomic E-state index is 0.368. The molecule has 2 N–H and O–H groups in total. The van der Waals surface area contributed by atoms with E-state index < -0.39 is 11.8 Å². The summed E-state index contributed by atoms with van der Waals surface area (Å²) in [6.07, 6.45) is 3.30. The minimum atomic E-state index is -0.575. The Morgan fingerprint density at radius 3 is 2.95 bits per heavy atom. The second-order valence-electron chi connectivity index (χ2n) is 5.26. The van der Waals surface area contributed by atoms with Gasteiger partial charge in [0.2, 0.25) is 0 Å². The number of carbonyl (C=O) groups excluding carboxylic acids is 1. The lowest BCUT2D eigenvalue weighted by Crippen LogP contribution is -2.49. The number of hydrogen-bond acceptors (Lipinski definition) is 7. The van der Waals surface area contributed by atoms with E-state index in [1.807, 2.05) is 4.90 Å². The molecule has 7 heteroatoms. The van der Waals surface area contributed by atoms with Crippen molar-refractivity contribution in [1.82, 2.24) is 4.98 Å². The van der Waals surface area contributed by atoms with Gasteiger partial charge < -0.3 is 24.8 Å². The molecule has 0 aliphatic carbocycles. The number of esters is 1. The van der Waals surface area contributed by atoms with Gasteiger partial charge in [-0.15, -0.1) is 0 Å². The van der Waals surface area contributed by atoms with Gasteiger partial charge in [0.15, 0.2) is 5.79 Å². The highest BCUT2D eigenvalue weighted by atomic mass is 16.7. The zero-order chi connectivity index (χ0) is 14.9. The van der Waals surface area contributed by atoms with Crippen molar-refractivity contribution in [2.24, 2.45) is 0 Å². The highest BCUT2D eigenvalue weighted by Crippen LogP contribution is 2.33. The molecule has 0 unspecified atom stereocenters. The fourth-order valence-electron chi connectivity index (χ4n) is 2.89. The monoisotopic (exact) mass is 293 g/mol. The maximum atomic E-state index is 11.9. The predicted octanol–water partition coefficient (Wildman–Crippen LogP) is 0.794. The third-order valence-electron chi connectivity index (χ3n) is 3.82. The van der Waals surface area contributed by atoms with Gasteiger partial charge in [0, 0.05) is 13.0 Å². The number of pyridine rings is 1. The molecule has 2 fully saturated rings. The van der Waals surface area contributed by atoms with Gasteiger partial charge in [0.1, 0.15) is 11.4 Å². The molecule has 1 aromatic rings. The Labute approximate surface area is 123 Å². The van der Waals surface area contributed by atoms with Crippen LogP contribution in [0.1, 0.15) is 23.2 Å². The Bertz CT molecular complexity index is 543. The topological polar surface area (TPSA) is 86.9 Å². The summed E-state index contributed by atoms with van der Waals surface area (Å²) < 4.78 is 16.3. The van der Waals surface area contributed by atoms with E-state index in [0.29, 0.717) is 36.8 Å². The largest absolute Gasteiger partial charge is 0.465 e.